The van der Waals surface area contributed by atoms with Crippen molar-refractivity contribution < 1.29 is 9.90 Å². The molecule has 1 aliphatic heterocycles. The summed E-state index contributed by atoms with van der Waals surface area (Å²) in [6, 6.07) is 7.16. The minimum Gasteiger partial charge on any atom is -0.481 e. The second kappa shape index (κ2) is 6.02. The van der Waals surface area contributed by atoms with E-state index >= 15 is 0 Å². The molecule has 0 aliphatic carbocycles. The van der Waals surface area contributed by atoms with Gasteiger partial charge < -0.3 is 5.11 Å². The molecule has 1 aliphatic rings. The third-order valence-corrected chi connectivity index (χ3v) is 4.39. The molecule has 0 aromatic heterocycles. The van der Waals surface area contributed by atoms with E-state index in [9.17, 15) is 9.70 Å². The van der Waals surface area contributed by atoms with Crippen LogP contribution in [-0.4, -0.2) is 22.9 Å². The zero-order valence-corrected chi connectivity index (χ0v) is 11.4. The maximum Gasteiger partial charge on any atom is 0.310 e. The first-order valence-electron chi connectivity index (χ1n) is 6.11. The monoisotopic (exact) mass is 277 g/mol. The molecular formula is C14H15NO3S. The Bertz CT molecular complexity index is 510. The molecule has 1 N–H and O–H groups in total. The predicted molar refractivity (Wildman–Crippen MR) is 77.1 cm³/mol. The van der Waals surface area contributed by atoms with Crippen LogP contribution >= 0.6 is 11.8 Å². The zero-order valence-electron chi connectivity index (χ0n) is 10.6. The van der Waals surface area contributed by atoms with Gasteiger partial charge in [0.25, 0.3) is 0 Å². The van der Waals surface area contributed by atoms with Crippen LogP contribution in [0.5, 0.6) is 0 Å². The first-order valence-corrected chi connectivity index (χ1v) is 7.10. The molecule has 1 aromatic carbocycles. The fourth-order valence-electron chi connectivity index (χ4n) is 1.96. The van der Waals surface area contributed by atoms with Gasteiger partial charge in [0, 0.05) is 10.7 Å². The molecule has 5 heteroatoms. The lowest BCUT2D eigenvalue weighted by Crippen LogP contribution is -2.07. The normalized spacial score (nSPS) is 22.4. The number of nitroso groups, excluding NO2 is 1. The average Bonchev–Trinajstić information content (AvgIpc) is 2.86. The molecule has 19 heavy (non-hydrogen) atoms. The van der Waals surface area contributed by atoms with Crippen LogP contribution in [0.15, 0.2) is 34.3 Å². The average molecular weight is 277 g/mol. The Balaban J connectivity index is 2.17. The van der Waals surface area contributed by atoms with Crippen molar-refractivity contribution in [3.63, 3.8) is 0 Å². The second-order valence-corrected chi connectivity index (χ2v) is 5.70. The lowest BCUT2D eigenvalue weighted by atomic mass is 10.00. The van der Waals surface area contributed by atoms with Crippen LogP contribution in [-0.2, 0) is 4.79 Å². The molecule has 2 atom stereocenters. The number of carboxylic acid groups (broad SMARTS) is 1. The predicted octanol–water partition coefficient (Wildman–Crippen LogP) is 3.49. The van der Waals surface area contributed by atoms with Crippen LogP contribution in [0.3, 0.4) is 0 Å². The summed E-state index contributed by atoms with van der Waals surface area (Å²) < 4.78 is 0. The van der Waals surface area contributed by atoms with E-state index in [1.165, 1.54) is 0 Å². The summed E-state index contributed by atoms with van der Waals surface area (Å²) in [5, 5.41) is 12.1. The van der Waals surface area contributed by atoms with Gasteiger partial charge in [-0.1, -0.05) is 29.4 Å². The fraction of sp³-hybridized carbons (Fsp3) is 0.357. The molecular weight excluding hydrogens is 262 g/mol. The highest BCUT2D eigenvalue weighted by Gasteiger charge is 2.22. The van der Waals surface area contributed by atoms with Crippen molar-refractivity contribution in [2.24, 2.45) is 5.18 Å². The molecule has 0 amide bonds. The molecule has 1 aromatic rings. The lowest BCUT2D eigenvalue weighted by molar-refractivity contribution is -0.138. The first-order chi connectivity index (χ1) is 9.11. The van der Waals surface area contributed by atoms with Gasteiger partial charge in [0.1, 0.15) is 6.04 Å². The smallest absolute Gasteiger partial charge is 0.310 e. The van der Waals surface area contributed by atoms with E-state index in [0.717, 1.165) is 28.2 Å². The van der Waals surface area contributed by atoms with Crippen LogP contribution in [0.1, 0.15) is 30.4 Å². The van der Waals surface area contributed by atoms with Gasteiger partial charge in [-0.25, -0.2) is 0 Å². The molecule has 0 spiro atoms. The maximum absolute atomic E-state index is 10.9. The first kappa shape index (κ1) is 13.8. The van der Waals surface area contributed by atoms with E-state index < -0.39 is 11.9 Å². The minimum atomic E-state index is -0.831. The van der Waals surface area contributed by atoms with Crippen molar-refractivity contribution in [1.29, 1.82) is 0 Å². The Morgan fingerprint density at radius 2 is 2.16 bits per heavy atom. The molecule has 0 radical (unpaired) electrons. The summed E-state index contributed by atoms with van der Waals surface area (Å²) in [5.41, 5.74) is 1.75. The molecule has 0 saturated carbocycles. The third kappa shape index (κ3) is 3.23. The Hall–Kier alpha value is -1.62. The van der Waals surface area contributed by atoms with Gasteiger partial charge in [0.2, 0.25) is 0 Å². The van der Waals surface area contributed by atoms with E-state index in [1.807, 2.05) is 30.3 Å². The molecule has 0 unspecified atom stereocenters. The Labute approximate surface area is 115 Å². The molecule has 1 saturated heterocycles. The summed E-state index contributed by atoms with van der Waals surface area (Å²) in [4.78, 5) is 22.5. The van der Waals surface area contributed by atoms with E-state index in [0.29, 0.717) is 0 Å². The summed E-state index contributed by atoms with van der Waals surface area (Å²) in [5.74, 6) is -0.411. The molecule has 2 rings (SSSR count). The van der Waals surface area contributed by atoms with E-state index in [-0.39, 0.29) is 6.04 Å². The van der Waals surface area contributed by atoms with Gasteiger partial charge in [-0.2, -0.15) is 4.91 Å². The highest BCUT2D eigenvalue weighted by Crippen LogP contribution is 2.34. The maximum atomic E-state index is 10.9. The quantitative estimate of drug-likeness (QED) is 0.855. The van der Waals surface area contributed by atoms with Gasteiger partial charge in [-0.05, 0) is 30.5 Å². The third-order valence-electron chi connectivity index (χ3n) is 3.23. The number of thioether (sulfide) groups is 1. The lowest BCUT2D eigenvalue weighted by Gasteiger charge is -2.07. The molecule has 1 fully saturated rings. The van der Waals surface area contributed by atoms with Crippen molar-refractivity contribution >= 4 is 23.8 Å². The number of rotatable bonds is 4. The van der Waals surface area contributed by atoms with Gasteiger partial charge in [-0.15, -0.1) is 11.8 Å². The van der Waals surface area contributed by atoms with Crippen LogP contribution in [0.25, 0.3) is 6.08 Å². The SMILES string of the molecule is C[C@@H](C(=O)O)c1ccc(/C=C2\SCC[C@H]2N=O)cc1. The molecule has 0 bridgehead atoms. The standard InChI is InChI=1S/C14H15NO3S/c1-9(14(16)17)11-4-2-10(3-5-11)8-13-12(15-18)6-7-19-13/h2-5,8-9,12H,6-7H2,1H3,(H,16,17)/b13-8-/t9-,12-/m1/s1. The van der Waals surface area contributed by atoms with Crippen LogP contribution in [0.2, 0.25) is 0 Å². The topological polar surface area (TPSA) is 66.7 Å². The van der Waals surface area contributed by atoms with Gasteiger partial charge in [0.05, 0.1) is 5.92 Å². The van der Waals surface area contributed by atoms with E-state index in [1.54, 1.807) is 18.7 Å². The van der Waals surface area contributed by atoms with Gasteiger partial charge in [0.15, 0.2) is 0 Å². The minimum absolute atomic E-state index is 0.220. The zero-order chi connectivity index (χ0) is 13.8. The summed E-state index contributed by atoms with van der Waals surface area (Å²) in [6.45, 7) is 1.66. The summed E-state index contributed by atoms with van der Waals surface area (Å²) in [7, 11) is 0. The van der Waals surface area contributed by atoms with Crippen molar-refractivity contribution in [3.05, 3.63) is 45.2 Å². The van der Waals surface area contributed by atoms with Crippen LogP contribution < -0.4 is 0 Å². The van der Waals surface area contributed by atoms with Gasteiger partial charge >= 0.3 is 5.97 Å². The van der Waals surface area contributed by atoms with Crippen molar-refractivity contribution in [1.82, 2.24) is 0 Å². The molecule has 100 valence electrons. The van der Waals surface area contributed by atoms with Crippen LogP contribution in [0, 0.1) is 4.91 Å². The molecule has 1 heterocycles. The summed E-state index contributed by atoms with van der Waals surface area (Å²) in [6.07, 6.45) is 2.76. The number of aliphatic carboxylic acids is 1. The van der Waals surface area contributed by atoms with Gasteiger partial charge in [-0.3, -0.25) is 4.79 Å². The number of nitrogens with zero attached hydrogens (tertiary/aromatic N) is 1. The van der Waals surface area contributed by atoms with Crippen LogP contribution in [0.4, 0.5) is 0 Å². The highest BCUT2D eigenvalue weighted by atomic mass is 32.2. The Morgan fingerprint density at radius 3 is 2.74 bits per heavy atom. The molecule has 4 nitrogen and oxygen atoms in total. The number of carboxylic acids is 1. The Morgan fingerprint density at radius 1 is 1.47 bits per heavy atom. The number of benzene rings is 1. The van der Waals surface area contributed by atoms with E-state index in [2.05, 4.69) is 5.18 Å². The van der Waals surface area contributed by atoms with Crippen molar-refractivity contribution in [2.75, 3.05) is 5.75 Å². The van der Waals surface area contributed by atoms with Crippen molar-refractivity contribution in [2.45, 2.75) is 25.3 Å². The van der Waals surface area contributed by atoms with Crippen molar-refractivity contribution in [3.8, 4) is 0 Å². The van der Waals surface area contributed by atoms with E-state index in [4.69, 9.17) is 5.11 Å². The number of hydrogen-bond acceptors (Lipinski definition) is 4. The second-order valence-electron chi connectivity index (χ2n) is 4.53. The Kier molecular flexibility index (Phi) is 4.37. The number of hydrogen-bond donors (Lipinski definition) is 1. The highest BCUT2D eigenvalue weighted by molar-refractivity contribution is 8.03. The summed E-state index contributed by atoms with van der Waals surface area (Å²) >= 11 is 1.66. The number of carbonyl (C=O) groups is 1. The largest absolute Gasteiger partial charge is 0.481 e. The fourth-order valence-corrected chi connectivity index (χ4v) is 3.11.